The number of aromatic amines is 1. The van der Waals surface area contributed by atoms with E-state index in [1.807, 2.05) is 12.3 Å². The van der Waals surface area contributed by atoms with Crippen molar-refractivity contribution in [1.29, 1.82) is 0 Å². The van der Waals surface area contributed by atoms with E-state index < -0.39 is 0 Å². The Kier molecular flexibility index (Phi) is 2.50. The van der Waals surface area contributed by atoms with Crippen LogP contribution in [0, 0.1) is 0 Å². The lowest BCUT2D eigenvalue weighted by Gasteiger charge is -2.07. The molecule has 0 aromatic carbocycles. The highest BCUT2D eigenvalue weighted by atomic mass is 14.8. The van der Waals surface area contributed by atoms with E-state index in [4.69, 9.17) is 5.73 Å². The van der Waals surface area contributed by atoms with Crippen LogP contribution in [0.25, 0.3) is 11.0 Å². The van der Waals surface area contributed by atoms with Crippen molar-refractivity contribution in [2.75, 3.05) is 6.54 Å². The summed E-state index contributed by atoms with van der Waals surface area (Å²) in [7, 11) is 0. The summed E-state index contributed by atoms with van der Waals surface area (Å²) in [6, 6.07) is 4.07. The standard InChI is InChI=1S/C11H15N3/c1-8(4-5-12)10-7-14-11-9(10)3-2-6-13-11/h2-3,6-8H,4-5,12H2,1H3,(H,13,14). The number of H-pyrrole nitrogens is 1. The molecule has 1 unspecified atom stereocenters. The molecule has 0 aliphatic heterocycles. The van der Waals surface area contributed by atoms with Gasteiger partial charge >= 0.3 is 0 Å². The minimum atomic E-state index is 0.498. The van der Waals surface area contributed by atoms with Crippen LogP contribution in [0.5, 0.6) is 0 Å². The minimum absolute atomic E-state index is 0.498. The number of fused-ring (bicyclic) bond motifs is 1. The fourth-order valence-electron chi connectivity index (χ4n) is 1.79. The molecular formula is C11H15N3. The minimum Gasteiger partial charge on any atom is -0.346 e. The largest absolute Gasteiger partial charge is 0.346 e. The average molecular weight is 189 g/mol. The van der Waals surface area contributed by atoms with Gasteiger partial charge in [0.05, 0.1) is 0 Å². The zero-order chi connectivity index (χ0) is 9.97. The Bertz CT molecular complexity index is 419. The van der Waals surface area contributed by atoms with Crippen molar-refractivity contribution in [3.05, 3.63) is 30.1 Å². The predicted molar refractivity (Wildman–Crippen MR) is 58.2 cm³/mol. The summed E-state index contributed by atoms with van der Waals surface area (Å²) < 4.78 is 0. The van der Waals surface area contributed by atoms with E-state index in [2.05, 4.69) is 23.0 Å². The maximum absolute atomic E-state index is 5.55. The molecule has 14 heavy (non-hydrogen) atoms. The predicted octanol–water partition coefficient (Wildman–Crippen LogP) is 2.02. The summed E-state index contributed by atoms with van der Waals surface area (Å²) in [6.45, 7) is 2.93. The van der Waals surface area contributed by atoms with Crippen molar-refractivity contribution in [2.24, 2.45) is 5.73 Å². The third-order valence-electron chi connectivity index (χ3n) is 2.61. The number of aromatic nitrogens is 2. The second-order valence-corrected chi connectivity index (χ2v) is 3.62. The van der Waals surface area contributed by atoms with E-state index in [-0.39, 0.29) is 0 Å². The van der Waals surface area contributed by atoms with Crippen LogP contribution in [0.15, 0.2) is 24.5 Å². The Hall–Kier alpha value is -1.35. The van der Waals surface area contributed by atoms with Crippen molar-refractivity contribution in [3.63, 3.8) is 0 Å². The van der Waals surface area contributed by atoms with Crippen LogP contribution in [0.2, 0.25) is 0 Å². The molecule has 2 heterocycles. The first-order valence-corrected chi connectivity index (χ1v) is 4.95. The van der Waals surface area contributed by atoms with Gasteiger partial charge in [0.15, 0.2) is 0 Å². The zero-order valence-electron chi connectivity index (χ0n) is 8.33. The number of hydrogen-bond acceptors (Lipinski definition) is 2. The molecule has 3 heteroatoms. The maximum atomic E-state index is 5.55. The summed E-state index contributed by atoms with van der Waals surface area (Å²) in [5.74, 6) is 0.498. The maximum Gasteiger partial charge on any atom is 0.137 e. The highest BCUT2D eigenvalue weighted by molar-refractivity contribution is 5.79. The number of pyridine rings is 1. The van der Waals surface area contributed by atoms with Gasteiger partial charge in [0.2, 0.25) is 0 Å². The highest BCUT2D eigenvalue weighted by Gasteiger charge is 2.10. The van der Waals surface area contributed by atoms with Crippen molar-refractivity contribution >= 4 is 11.0 Å². The summed E-state index contributed by atoms with van der Waals surface area (Å²) in [5, 5.41) is 1.22. The highest BCUT2D eigenvalue weighted by Crippen LogP contribution is 2.25. The van der Waals surface area contributed by atoms with E-state index in [9.17, 15) is 0 Å². The van der Waals surface area contributed by atoms with Gasteiger partial charge < -0.3 is 10.7 Å². The molecule has 2 aromatic heterocycles. The molecule has 3 N–H and O–H groups in total. The lowest BCUT2D eigenvalue weighted by Crippen LogP contribution is -2.03. The number of rotatable bonds is 3. The molecule has 0 aliphatic rings. The van der Waals surface area contributed by atoms with Crippen LogP contribution in [-0.2, 0) is 0 Å². The monoisotopic (exact) mass is 189 g/mol. The van der Waals surface area contributed by atoms with Gasteiger partial charge in [-0.1, -0.05) is 6.92 Å². The van der Waals surface area contributed by atoms with Crippen LogP contribution in [0.1, 0.15) is 24.8 Å². The Balaban J connectivity index is 2.42. The Morgan fingerprint density at radius 2 is 2.43 bits per heavy atom. The van der Waals surface area contributed by atoms with Crippen molar-refractivity contribution in [2.45, 2.75) is 19.3 Å². The van der Waals surface area contributed by atoms with Crippen LogP contribution in [-0.4, -0.2) is 16.5 Å². The molecule has 0 fully saturated rings. The molecule has 3 nitrogen and oxygen atoms in total. The molecule has 0 amide bonds. The smallest absolute Gasteiger partial charge is 0.137 e. The van der Waals surface area contributed by atoms with Gasteiger partial charge in [-0.05, 0) is 36.6 Å². The number of nitrogens with two attached hydrogens (primary N) is 1. The molecule has 0 spiro atoms. The van der Waals surface area contributed by atoms with Gasteiger partial charge in [0.25, 0.3) is 0 Å². The van der Waals surface area contributed by atoms with Gasteiger partial charge in [-0.25, -0.2) is 4.98 Å². The first kappa shape index (κ1) is 9.21. The van der Waals surface area contributed by atoms with E-state index >= 15 is 0 Å². The van der Waals surface area contributed by atoms with Crippen molar-refractivity contribution < 1.29 is 0 Å². The first-order valence-electron chi connectivity index (χ1n) is 4.95. The van der Waals surface area contributed by atoms with Gasteiger partial charge in [0, 0.05) is 17.8 Å². The number of nitrogens with one attached hydrogen (secondary N) is 1. The lowest BCUT2D eigenvalue weighted by molar-refractivity contribution is 0.695. The molecule has 0 aliphatic carbocycles. The molecule has 2 rings (SSSR count). The van der Waals surface area contributed by atoms with Crippen molar-refractivity contribution in [1.82, 2.24) is 9.97 Å². The van der Waals surface area contributed by atoms with Crippen LogP contribution >= 0.6 is 0 Å². The normalized spacial score (nSPS) is 13.3. The lowest BCUT2D eigenvalue weighted by atomic mass is 9.98. The summed E-state index contributed by atoms with van der Waals surface area (Å²) in [6.07, 6.45) is 4.86. The molecule has 0 radical (unpaired) electrons. The molecule has 0 saturated heterocycles. The van der Waals surface area contributed by atoms with E-state index in [0.717, 1.165) is 18.6 Å². The zero-order valence-corrected chi connectivity index (χ0v) is 8.33. The third-order valence-corrected chi connectivity index (χ3v) is 2.61. The van der Waals surface area contributed by atoms with E-state index in [1.54, 1.807) is 6.20 Å². The number of hydrogen-bond donors (Lipinski definition) is 2. The van der Waals surface area contributed by atoms with Gasteiger partial charge in [-0.2, -0.15) is 0 Å². The van der Waals surface area contributed by atoms with Gasteiger partial charge in [-0.3, -0.25) is 0 Å². The van der Waals surface area contributed by atoms with Crippen LogP contribution < -0.4 is 5.73 Å². The fourth-order valence-corrected chi connectivity index (χ4v) is 1.79. The van der Waals surface area contributed by atoms with E-state index in [0.29, 0.717) is 5.92 Å². The molecule has 1 atom stereocenters. The Labute approximate surface area is 83.3 Å². The van der Waals surface area contributed by atoms with Gasteiger partial charge in [0.1, 0.15) is 5.65 Å². The number of nitrogens with zero attached hydrogens (tertiary/aromatic N) is 1. The molecule has 74 valence electrons. The van der Waals surface area contributed by atoms with Crippen LogP contribution in [0.3, 0.4) is 0 Å². The average Bonchev–Trinajstić information content (AvgIpc) is 2.61. The fraction of sp³-hybridized carbons (Fsp3) is 0.364. The Morgan fingerprint density at radius 1 is 1.57 bits per heavy atom. The SMILES string of the molecule is CC(CCN)c1c[nH]c2ncccc12. The second-order valence-electron chi connectivity index (χ2n) is 3.62. The molecule has 0 bridgehead atoms. The van der Waals surface area contributed by atoms with Crippen LogP contribution in [0.4, 0.5) is 0 Å². The summed E-state index contributed by atoms with van der Waals surface area (Å²) in [4.78, 5) is 7.43. The van der Waals surface area contributed by atoms with Gasteiger partial charge in [-0.15, -0.1) is 0 Å². The summed E-state index contributed by atoms with van der Waals surface area (Å²) in [5.41, 5.74) is 7.84. The first-order chi connectivity index (χ1) is 6.83. The summed E-state index contributed by atoms with van der Waals surface area (Å²) >= 11 is 0. The quantitative estimate of drug-likeness (QED) is 0.776. The molecular weight excluding hydrogens is 174 g/mol. The second kappa shape index (κ2) is 3.80. The topological polar surface area (TPSA) is 54.7 Å². The van der Waals surface area contributed by atoms with Crippen molar-refractivity contribution in [3.8, 4) is 0 Å². The molecule has 2 aromatic rings. The third kappa shape index (κ3) is 1.51. The van der Waals surface area contributed by atoms with E-state index in [1.165, 1.54) is 10.9 Å². The Morgan fingerprint density at radius 3 is 3.21 bits per heavy atom. The molecule has 0 saturated carbocycles.